The largest absolute Gasteiger partial charge is 0.383 e. The summed E-state index contributed by atoms with van der Waals surface area (Å²) >= 11 is 0. The highest BCUT2D eigenvalue weighted by Crippen LogP contribution is 2.34. The first-order chi connectivity index (χ1) is 11.3. The fourth-order valence-corrected chi connectivity index (χ4v) is 2.69. The molecule has 4 rings (SSSR count). The third-order valence-electron chi connectivity index (χ3n) is 3.77. The fraction of sp³-hybridized carbons (Fsp3) is 0.286. The van der Waals surface area contributed by atoms with Crippen LogP contribution in [-0.4, -0.2) is 36.6 Å². The van der Waals surface area contributed by atoms with Gasteiger partial charge in [-0.15, -0.1) is 0 Å². The lowest BCUT2D eigenvalue weighted by molar-refractivity contribution is 0.354. The van der Waals surface area contributed by atoms with Crippen molar-refractivity contribution in [1.82, 2.24) is 30.1 Å². The number of aromatic nitrogens is 6. The van der Waals surface area contributed by atoms with Crippen LogP contribution in [0.1, 0.15) is 24.8 Å². The Morgan fingerprint density at radius 2 is 2.09 bits per heavy atom. The quantitative estimate of drug-likeness (QED) is 0.761. The number of hydrogen-bond donors (Lipinski definition) is 1. The summed E-state index contributed by atoms with van der Waals surface area (Å²) in [4.78, 5) is 23.0. The molecule has 1 fully saturated rings. The molecule has 1 aliphatic heterocycles. The van der Waals surface area contributed by atoms with E-state index in [0.29, 0.717) is 29.0 Å². The highest BCUT2D eigenvalue weighted by atomic mass is 16.5. The normalized spacial score (nSPS) is 17.6. The molecule has 4 heterocycles. The van der Waals surface area contributed by atoms with Crippen molar-refractivity contribution in [2.24, 2.45) is 0 Å². The predicted molar refractivity (Wildman–Crippen MR) is 81.1 cm³/mol. The molecule has 1 saturated heterocycles. The van der Waals surface area contributed by atoms with E-state index in [1.165, 1.54) is 6.33 Å². The molecule has 0 aliphatic carbocycles. The minimum Gasteiger partial charge on any atom is -0.383 e. The number of anilines is 2. The minimum atomic E-state index is -0.0375. The highest BCUT2D eigenvalue weighted by Gasteiger charge is 2.32. The lowest BCUT2D eigenvalue weighted by atomic mass is 10.2. The van der Waals surface area contributed by atoms with Crippen LogP contribution in [-0.2, 0) is 0 Å². The van der Waals surface area contributed by atoms with Crippen molar-refractivity contribution in [3.8, 4) is 11.4 Å². The summed E-state index contributed by atoms with van der Waals surface area (Å²) in [5.74, 6) is 1.89. The molecular formula is C14H14N8O. The van der Waals surface area contributed by atoms with E-state index in [1.54, 1.807) is 24.7 Å². The highest BCUT2D eigenvalue weighted by molar-refractivity contribution is 5.66. The second-order valence-corrected chi connectivity index (χ2v) is 5.18. The standard InChI is InChI=1S/C14H14N8O/c15-11-9(7-16-8-19-11)12-20-13(23-21-12)10-3-1-6-22(10)14-17-4-2-5-18-14/h2,4-5,7-8,10H,1,3,6H2,(H2,15,16,19). The van der Waals surface area contributed by atoms with Gasteiger partial charge in [0, 0.05) is 25.1 Å². The van der Waals surface area contributed by atoms with Crippen LogP contribution in [0.2, 0.25) is 0 Å². The van der Waals surface area contributed by atoms with Gasteiger partial charge >= 0.3 is 0 Å². The zero-order valence-corrected chi connectivity index (χ0v) is 12.2. The first kappa shape index (κ1) is 13.6. The molecule has 0 amide bonds. The Balaban J connectivity index is 1.65. The van der Waals surface area contributed by atoms with Gasteiger partial charge in [0.2, 0.25) is 17.7 Å². The molecule has 0 spiro atoms. The summed E-state index contributed by atoms with van der Waals surface area (Å²) in [5, 5.41) is 4.01. The molecular weight excluding hydrogens is 296 g/mol. The van der Waals surface area contributed by atoms with Crippen molar-refractivity contribution in [1.29, 1.82) is 0 Å². The summed E-state index contributed by atoms with van der Waals surface area (Å²) in [7, 11) is 0. The van der Waals surface area contributed by atoms with Gasteiger partial charge in [0.15, 0.2) is 0 Å². The molecule has 9 heteroatoms. The van der Waals surface area contributed by atoms with Crippen LogP contribution in [0.5, 0.6) is 0 Å². The Hall–Kier alpha value is -3.10. The van der Waals surface area contributed by atoms with Crippen LogP contribution in [0, 0.1) is 0 Å². The summed E-state index contributed by atoms with van der Waals surface area (Å²) in [5.41, 5.74) is 6.39. The van der Waals surface area contributed by atoms with Crippen molar-refractivity contribution in [2.45, 2.75) is 18.9 Å². The van der Waals surface area contributed by atoms with Crippen molar-refractivity contribution in [2.75, 3.05) is 17.2 Å². The topological polar surface area (TPSA) is 120 Å². The smallest absolute Gasteiger partial charge is 0.249 e. The lowest BCUT2D eigenvalue weighted by Gasteiger charge is -2.21. The van der Waals surface area contributed by atoms with Gasteiger partial charge in [-0.05, 0) is 18.9 Å². The van der Waals surface area contributed by atoms with E-state index in [0.717, 1.165) is 19.4 Å². The molecule has 3 aromatic heterocycles. The average Bonchev–Trinajstić information content (AvgIpc) is 3.25. The van der Waals surface area contributed by atoms with Gasteiger partial charge in [0.05, 0.1) is 5.56 Å². The van der Waals surface area contributed by atoms with Gasteiger partial charge in [-0.1, -0.05) is 5.16 Å². The molecule has 1 aliphatic rings. The third-order valence-corrected chi connectivity index (χ3v) is 3.77. The maximum absolute atomic E-state index is 5.83. The zero-order chi connectivity index (χ0) is 15.6. The van der Waals surface area contributed by atoms with Crippen molar-refractivity contribution in [3.63, 3.8) is 0 Å². The van der Waals surface area contributed by atoms with Crippen LogP contribution < -0.4 is 10.6 Å². The molecule has 2 N–H and O–H groups in total. The number of nitrogen functional groups attached to an aromatic ring is 1. The average molecular weight is 310 g/mol. The number of rotatable bonds is 3. The molecule has 0 bridgehead atoms. The second-order valence-electron chi connectivity index (χ2n) is 5.18. The van der Waals surface area contributed by atoms with E-state index in [2.05, 4.69) is 35.0 Å². The van der Waals surface area contributed by atoms with Crippen molar-refractivity contribution >= 4 is 11.8 Å². The molecule has 1 unspecified atom stereocenters. The predicted octanol–water partition coefficient (Wildman–Crippen LogP) is 1.24. The van der Waals surface area contributed by atoms with E-state index in [4.69, 9.17) is 10.3 Å². The molecule has 0 aromatic carbocycles. The van der Waals surface area contributed by atoms with Crippen LogP contribution in [0.25, 0.3) is 11.4 Å². The monoisotopic (exact) mass is 310 g/mol. The maximum Gasteiger partial charge on any atom is 0.249 e. The summed E-state index contributed by atoms with van der Waals surface area (Å²) in [6, 6.07) is 1.75. The summed E-state index contributed by atoms with van der Waals surface area (Å²) in [6.07, 6.45) is 8.31. The molecule has 0 radical (unpaired) electrons. The van der Waals surface area contributed by atoms with Crippen molar-refractivity contribution in [3.05, 3.63) is 36.9 Å². The zero-order valence-electron chi connectivity index (χ0n) is 12.2. The van der Waals surface area contributed by atoms with Gasteiger partial charge in [-0.3, -0.25) is 0 Å². The van der Waals surface area contributed by atoms with E-state index in [9.17, 15) is 0 Å². The second kappa shape index (κ2) is 5.59. The SMILES string of the molecule is Nc1ncncc1-c1noc(C2CCCN2c2ncccn2)n1. The Kier molecular flexibility index (Phi) is 3.30. The van der Waals surface area contributed by atoms with Crippen LogP contribution >= 0.6 is 0 Å². The number of hydrogen-bond acceptors (Lipinski definition) is 9. The van der Waals surface area contributed by atoms with E-state index >= 15 is 0 Å². The van der Waals surface area contributed by atoms with E-state index in [1.807, 2.05) is 0 Å². The molecule has 116 valence electrons. The van der Waals surface area contributed by atoms with Crippen LogP contribution in [0.3, 0.4) is 0 Å². The van der Waals surface area contributed by atoms with Crippen molar-refractivity contribution < 1.29 is 4.52 Å². The number of nitrogens with two attached hydrogens (primary N) is 1. The Labute approximate surface area is 131 Å². The molecule has 23 heavy (non-hydrogen) atoms. The maximum atomic E-state index is 5.83. The van der Waals surface area contributed by atoms with E-state index in [-0.39, 0.29) is 6.04 Å². The van der Waals surface area contributed by atoms with Gasteiger partial charge in [0.25, 0.3) is 0 Å². The summed E-state index contributed by atoms with van der Waals surface area (Å²) in [6.45, 7) is 0.850. The first-order valence-electron chi connectivity index (χ1n) is 7.26. The van der Waals surface area contributed by atoms with Crippen LogP contribution in [0.15, 0.2) is 35.5 Å². The Morgan fingerprint density at radius 3 is 2.91 bits per heavy atom. The van der Waals surface area contributed by atoms with E-state index < -0.39 is 0 Å². The Morgan fingerprint density at radius 1 is 1.22 bits per heavy atom. The number of nitrogens with zero attached hydrogens (tertiary/aromatic N) is 7. The molecule has 9 nitrogen and oxygen atoms in total. The fourth-order valence-electron chi connectivity index (χ4n) is 2.69. The third kappa shape index (κ3) is 2.45. The molecule has 3 aromatic rings. The van der Waals surface area contributed by atoms with Gasteiger partial charge in [-0.25, -0.2) is 19.9 Å². The first-order valence-corrected chi connectivity index (χ1v) is 7.26. The van der Waals surface area contributed by atoms with Crippen LogP contribution in [0.4, 0.5) is 11.8 Å². The van der Waals surface area contributed by atoms with Gasteiger partial charge in [-0.2, -0.15) is 4.98 Å². The lowest BCUT2D eigenvalue weighted by Crippen LogP contribution is -2.24. The molecule has 0 saturated carbocycles. The van der Waals surface area contributed by atoms with Gasteiger partial charge < -0.3 is 15.2 Å². The minimum absolute atomic E-state index is 0.0375. The summed E-state index contributed by atoms with van der Waals surface area (Å²) < 4.78 is 5.44. The van der Waals surface area contributed by atoms with Gasteiger partial charge in [0.1, 0.15) is 18.2 Å². The molecule has 1 atom stereocenters. The Bertz CT molecular complexity index is 805.